The Morgan fingerprint density at radius 3 is 2.50 bits per heavy atom. The molecule has 2 heterocycles. The molecular weight excluding hydrogens is 519 g/mol. The number of benzene rings is 2. The molecule has 3 aromatic rings. The fourth-order valence-electron chi connectivity index (χ4n) is 3.87. The van der Waals surface area contributed by atoms with E-state index in [4.69, 9.17) is 23.2 Å². The van der Waals surface area contributed by atoms with E-state index in [-0.39, 0.29) is 29.1 Å². The van der Waals surface area contributed by atoms with Crippen molar-refractivity contribution in [1.82, 2.24) is 25.0 Å². The lowest BCUT2D eigenvalue weighted by molar-refractivity contribution is -0.128. The van der Waals surface area contributed by atoms with Crippen LogP contribution in [0.1, 0.15) is 16.2 Å². The zero-order chi connectivity index (χ0) is 25.5. The largest absolute Gasteiger partial charge is 0.368 e. The van der Waals surface area contributed by atoms with E-state index in [1.165, 1.54) is 23.5 Å². The van der Waals surface area contributed by atoms with E-state index < -0.39 is 0 Å². The minimum Gasteiger partial charge on any atom is -0.368 e. The lowest BCUT2D eigenvalue weighted by Gasteiger charge is -2.36. The topological polar surface area (TPSA) is 83.4 Å². The van der Waals surface area contributed by atoms with Gasteiger partial charge in [0.1, 0.15) is 0 Å². The number of aromatic nitrogens is 3. The molecule has 36 heavy (non-hydrogen) atoms. The minimum absolute atomic E-state index is 0.0631. The molecule has 0 spiro atoms. The van der Waals surface area contributed by atoms with Gasteiger partial charge >= 0.3 is 0 Å². The minimum atomic E-state index is -0.344. The molecule has 1 aliphatic rings. The number of nitrogens with zero attached hydrogens (tertiary/aromatic N) is 5. The van der Waals surface area contributed by atoms with E-state index in [2.05, 4.69) is 39.1 Å². The molecule has 0 aliphatic carbocycles. The molecule has 0 unspecified atom stereocenters. The molecule has 1 aromatic heterocycles. The number of rotatable bonds is 9. The Balaban J connectivity index is 1.32. The van der Waals surface area contributed by atoms with Crippen molar-refractivity contribution in [2.45, 2.75) is 18.2 Å². The van der Waals surface area contributed by atoms with Crippen LogP contribution in [-0.2, 0) is 17.9 Å². The standard InChI is InChI=1S/C25H26Cl2N6O2S/c1-2-10-33-22(16-28-24(35)20-9-8-18(26)15-21(20)27)29-30-25(33)36-17-23(34)32-13-11-31(12-14-32)19-6-4-3-5-7-19/h2-9,15H,1,10-14,16-17H2,(H,28,35). The van der Waals surface area contributed by atoms with Crippen molar-refractivity contribution in [3.8, 4) is 0 Å². The van der Waals surface area contributed by atoms with Gasteiger partial charge in [-0.15, -0.1) is 16.8 Å². The Morgan fingerprint density at radius 2 is 1.81 bits per heavy atom. The number of carbonyl (C=O) groups is 2. The number of piperazine rings is 1. The molecule has 1 N–H and O–H groups in total. The molecule has 188 valence electrons. The van der Waals surface area contributed by atoms with Crippen molar-refractivity contribution in [2.75, 3.05) is 36.8 Å². The zero-order valence-electron chi connectivity index (χ0n) is 19.6. The molecular formula is C25H26Cl2N6O2S. The lowest BCUT2D eigenvalue weighted by Crippen LogP contribution is -2.49. The summed E-state index contributed by atoms with van der Waals surface area (Å²) >= 11 is 13.4. The Morgan fingerprint density at radius 1 is 1.06 bits per heavy atom. The fourth-order valence-corrected chi connectivity index (χ4v) is 5.23. The Kier molecular flexibility index (Phi) is 8.90. The van der Waals surface area contributed by atoms with Crippen LogP contribution in [0.5, 0.6) is 0 Å². The highest BCUT2D eigenvalue weighted by Crippen LogP contribution is 2.22. The number of anilines is 1. The monoisotopic (exact) mass is 544 g/mol. The molecule has 11 heteroatoms. The number of nitrogens with one attached hydrogen (secondary N) is 1. The predicted octanol–water partition coefficient (Wildman–Crippen LogP) is 4.14. The van der Waals surface area contributed by atoms with Crippen molar-refractivity contribution in [1.29, 1.82) is 0 Å². The van der Waals surface area contributed by atoms with Crippen LogP contribution >= 0.6 is 35.0 Å². The molecule has 0 radical (unpaired) electrons. The molecule has 1 fully saturated rings. The van der Waals surface area contributed by atoms with Crippen LogP contribution in [0.4, 0.5) is 5.69 Å². The summed E-state index contributed by atoms with van der Waals surface area (Å²) in [6, 6.07) is 14.9. The van der Waals surface area contributed by atoms with Gasteiger partial charge in [0.05, 0.1) is 22.9 Å². The SMILES string of the molecule is C=CCn1c(CNC(=O)c2ccc(Cl)cc2Cl)nnc1SCC(=O)N1CCN(c2ccccc2)CC1. The van der Waals surface area contributed by atoms with E-state index in [9.17, 15) is 9.59 Å². The van der Waals surface area contributed by atoms with Crippen LogP contribution < -0.4 is 10.2 Å². The van der Waals surface area contributed by atoms with Gasteiger partial charge in [0.15, 0.2) is 11.0 Å². The van der Waals surface area contributed by atoms with Gasteiger partial charge in [-0.05, 0) is 30.3 Å². The summed E-state index contributed by atoms with van der Waals surface area (Å²) in [6.07, 6.45) is 1.72. The summed E-state index contributed by atoms with van der Waals surface area (Å²) in [6.45, 7) is 7.35. The van der Waals surface area contributed by atoms with E-state index in [0.29, 0.717) is 41.2 Å². The smallest absolute Gasteiger partial charge is 0.253 e. The lowest BCUT2D eigenvalue weighted by atomic mass is 10.2. The fraction of sp³-hybridized carbons (Fsp3) is 0.280. The maximum absolute atomic E-state index is 12.8. The first-order valence-electron chi connectivity index (χ1n) is 11.4. The van der Waals surface area contributed by atoms with Crippen LogP contribution in [0.2, 0.25) is 10.0 Å². The molecule has 1 aliphatic heterocycles. The summed E-state index contributed by atoms with van der Waals surface area (Å²) in [4.78, 5) is 29.6. The highest BCUT2D eigenvalue weighted by Gasteiger charge is 2.22. The number of thioether (sulfide) groups is 1. The number of halogens is 2. The van der Waals surface area contributed by atoms with Crippen molar-refractivity contribution < 1.29 is 9.59 Å². The number of carbonyl (C=O) groups excluding carboxylic acids is 2. The molecule has 0 bridgehead atoms. The Labute approximate surface area is 224 Å². The molecule has 1 saturated heterocycles. The predicted molar refractivity (Wildman–Crippen MR) is 144 cm³/mol. The third-order valence-corrected chi connectivity index (χ3v) is 7.27. The third kappa shape index (κ3) is 6.40. The molecule has 8 nitrogen and oxygen atoms in total. The summed E-state index contributed by atoms with van der Waals surface area (Å²) in [5, 5.41) is 12.6. The van der Waals surface area contributed by atoms with Gasteiger partial charge in [-0.2, -0.15) is 0 Å². The number of allylic oxidation sites excluding steroid dienone is 1. The summed E-state index contributed by atoms with van der Waals surface area (Å²) < 4.78 is 1.84. The van der Waals surface area contributed by atoms with E-state index in [1.807, 2.05) is 27.7 Å². The van der Waals surface area contributed by atoms with E-state index in [0.717, 1.165) is 13.1 Å². The second kappa shape index (κ2) is 12.3. The first-order chi connectivity index (χ1) is 17.5. The normalized spacial score (nSPS) is 13.5. The van der Waals surface area contributed by atoms with Gasteiger partial charge in [-0.3, -0.25) is 9.59 Å². The average molecular weight is 545 g/mol. The maximum Gasteiger partial charge on any atom is 0.253 e. The number of hydrogen-bond acceptors (Lipinski definition) is 6. The Bertz CT molecular complexity index is 1230. The van der Waals surface area contributed by atoms with E-state index >= 15 is 0 Å². The van der Waals surface area contributed by atoms with Gasteiger partial charge in [0.25, 0.3) is 5.91 Å². The van der Waals surface area contributed by atoms with Gasteiger partial charge in [-0.1, -0.05) is 59.2 Å². The Hall–Kier alpha value is -3.01. The van der Waals surface area contributed by atoms with Crippen molar-refractivity contribution in [3.05, 3.63) is 82.6 Å². The second-order valence-corrected chi connectivity index (χ2v) is 9.88. The number of hydrogen-bond donors (Lipinski definition) is 1. The zero-order valence-corrected chi connectivity index (χ0v) is 21.9. The first kappa shape index (κ1) is 26.1. The van der Waals surface area contributed by atoms with E-state index in [1.54, 1.807) is 18.2 Å². The van der Waals surface area contributed by atoms with Crippen LogP contribution in [0.3, 0.4) is 0 Å². The molecule has 0 saturated carbocycles. The molecule has 2 aromatic carbocycles. The van der Waals surface area contributed by atoms with Crippen molar-refractivity contribution >= 4 is 52.5 Å². The summed E-state index contributed by atoms with van der Waals surface area (Å²) in [5.74, 6) is 0.532. The second-order valence-electron chi connectivity index (χ2n) is 8.10. The van der Waals surface area contributed by atoms with Crippen LogP contribution in [0.25, 0.3) is 0 Å². The van der Waals surface area contributed by atoms with Crippen LogP contribution in [0.15, 0.2) is 66.3 Å². The molecule has 2 amide bonds. The highest BCUT2D eigenvalue weighted by atomic mass is 35.5. The summed E-state index contributed by atoms with van der Waals surface area (Å²) in [5.41, 5.74) is 1.50. The first-order valence-corrected chi connectivity index (χ1v) is 13.2. The quantitative estimate of drug-likeness (QED) is 0.322. The van der Waals surface area contributed by atoms with Crippen molar-refractivity contribution in [2.24, 2.45) is 0 Å². The average Bonchev–Trinajstić information content (AvgIpc) is 3.28. The van der Waals surface area contributed by atoms with Gasteiger partial charge in [0.2, 0.25) is 5.91 Å². The molecule has 0 atom stereocenters. The van der Waals surface area contributed by atoms with Crippen LogP contribution in [-0.4, -0.2) is 63.4 Å². The number of amides is 2. The maximum atomic E-state index is 12.8. The van der Waals surface area contributed by atoms with Gasteiger partial charge in [0, 0.05) is 43.4 Å². The number of para-hydroxylation sites is 1. The van der Waals surface area contributed by atoms with Gasteiger partial charge in [-0.25, -0.2) is 0 Å². The van der Waals surface area contributed by atoms with Crippen molar-refractivity contribution in [3.63, 3.8) is 0 Å². The third-order valence-electron chi connectivity index (χ3n) is 5.77. The van der Waals surface area contributed by atoms with Crippen LogP contribution in [0, 0.1) is 0 Å². The van der Waals surface area contributed by atoms with Gasteiger partial charge < -0.3 is 19.7 Å². The molecule has 4 rings (SSSR count). The highest BCUT2D eigenvalue weighted by molar-refractivity contribution is 7.99. The summed E-state index contributed by atoms with van der Waals surface area (Å²) in [7, 11) is 0.